The van der Waals surface area contributed by atoms with Crippen LogP contribution in [-0.4, -0.2) is 5.78 Å². The minimum absolute atomic E-state index is 0.102. The summed E-state index contributed by atoms with van der Waals surface area (Å²) in [5, 5.41) is 0. The van der Waals surface area contributed by atoms with E-state index in [9.17, 15) is 4.79 Å². The van der Waals surface area contributed by atoms with E-state index in [0.29, 0.717) is 0 Å². The molecule has 0 saturated carbocycles. The number of hydrogen-bond donors (Lipinski definition) is 0. The Kier molecular flexibility index (Phi) is 3.91. The van der Waals surface area contributed by atoms with Crippen molar-refractivity contribution in [2.75, 3.05) is 0 Å². The largest absolute Gasteiger partial charge is 0.289 e. The predicted octanol–water partition coefficient (Wildman–Crippen LogP) is 4.91. The van der Waals surface area contributed by atoms with Gasteiger partial charge in [0, 0.05) is 15.6 Å². The first-order chi connectivity index (χ1) is 8.90. The molecular formula is C17H17BrO. The molecule has 0 unspecified atom stereocenters. The number of benzene rings is 2. The van der Waals surface area contributed by atoms with Crippen LogP contribution in [0.3, 0.4) is 0 Å². The molecule has 0 aliphatic rings. The molecule has 0 amide bonds. The molecule has 0 fully saturated rings. The SMILES string of the molecule is Cc1cc(C)c(C(=O)c2ccc(Br)cc2C)cc1C. The molecule has 0 spiro atoms. The van der Waals surface area contributed by atoms with Gasteiger partial charge in [-0.15, -0.1) is 0 Å². The van der Waals surface area contributed by atoms with Gasteiger partial charge in [-0.05, 0) is 74.2 Å². The van der Waals surface area contributed by atoms with Crippen LogP contribution in [0.5, 0.6) is 0 Å². The molecule has 0 N–H and O–H groups in total. The van der Waals surface area contributed by atoms with Crippen LogP contribution in [0.25, 0.3) is 0 Å². The molecule has 0 aliphatic heterocycles. The summed E-state index contributed by atoms with van der Waals surface area (Å²) >= 11 is 3.43. The minimum atomic E-state index is 0.102. The topological polar surface area (TPSA) is 17.1 Å². The van der Waals surface area contributed by atoms with Crippen molar-refractivity contribution in [2.24, 2.45) is 0 Å². The summed E-state index contributed by atoms with van der Waals surface area (Å²) < 4.78 is 0.998. The van der Waals surface area contributed by atoms with Crippen molar-refractivity contribution in [3.05, 3.63) is 68.2 Å². The van der Waals surface area contributed by atoms with Crippen molar-refractivity contribution in [2.45, 2.75) is 27.7 Å². The second-order valence-corrected chi connectivity index (χ2v) is 5.96. The fourth-order valence-corrected chi connectivity index (χ4v) is 2.71. The zero-order chi connectivity index (χ0) is 14.2. The van der Waals surface area contributed by atoms with Gasteiger partial charge in [-0.2, -0.15) is 0 Å². The summed E-state index contributed by atoms with van der Waals surface area (Å²) in [5.41, 5.74) is 5.99. The Hall–Kier alpha value is -1.41. The standard InChI is InChI=1S/C17H17BrO/c1-10-7-12(3)16(9-11(10)2)17(19)15-6-5-14(18)8-13(15)4/h5-9H,1-4H3. The Morgan fingerprint density at radius 2 is 1.37 bits per heavy atom. The molecule has 98 valence electrons. The summed E-state index contributed by atoms with van der Waals surface area (Å²) in [4.78, 5) is 12.6. The van der Waals surface area contributed by atoms with E-state index >= 15 is 0 Å². The Morgan fingerprint density at radius 1 is 0.789 bits per heavy atom. The van der Waals surface area contributed by atoms with Crippen molar-refractivity contribution in [3.63, 3.8) is 0 Å². The molecule has 0 bridgehead atoms. The molecule has 0 atom stereocenters. The zero-order valence-electron chi connectivity index (χ0n) is 11.7. The highest BCUT2D eigenvalue weighted by Crippen LogP contribution is 2.22. The summed E-state index contributed by atoms with van der Waals surface area (Å²) in [7, 11) is 0. The second kappa shape index (κ2) is 5.30. The summed E-state index contributed by atoms with van der Waals surface area (Å²) in [6.45, 7) is 8.07. The van der Waals surface area contributed by atoms with Gasteiger partial charge in [-0.3, -0.25) is 4.79 Å². The van der Waals surface area contributed by atoms with Crippen LogP contribution in [0.15, 0.2) is 34.8 Å². The maximum absolute atomic E-state index is 12.6. The van der Waals surface area contributed by atoms with Crippen LogP contribution in [0.2, 0.25) is 0 Å². The van der Waals surface area contributed by atoms with E-state index in [1.807, 2.05) is 45.0 Å². The summed E-state index contributed by atoms with van der Waals surface area (Å²) in [5.74, 6) is 0.102. The molecule has 2 aromatic rings. The molecule has 2 aromatic carbocycles. The van der Waals surface area contributed by atoms with Gasteiger partial charge < -0.3 is 0 Å². The van der Waals surface area contributed by atoms with Crippen molar-refractivity contribution in [1.82, 2.24) is 0 Å². The zero-order valence-corrected chi connectivity index (χ0v) is 13.3. The Bertz CT molecular complexity index is 657. The molecule has 0 aliphatic carbocycles. The highest BCUT2D eigenvalue weighted by atomic mass is 79.9. The highest BCUT2D eigenvalue weighted by Gasteiger charge is 2.15. The molecule has 19 heavy (non-hydrogen) atoms. The van der Waals surface area contributed by atoms with Gasteiger partial charge in [-0.25, -0.2) is 0 Å². The van der Waals surface area contributed by atoms with Gasteiger partial charge in [0.25, 0.3) is 0 Å². The smallest absolute Gasteiger partial charge is 0.193 e. The third-order valence-corrected chi connectivity index (χ3v) is 4.01. The first-order valence-electron chi connectivity index (χ1n) is 6.29. The fraction of sp³-hybridized carbons (Fsp3) is 0.235. The molecule has 0 radical (unpaired) electrons. The number of carbonyl (C=O) groups is 1. The van der Waals surface area contributed by atoms with E-state index in [0.717, 1.165) is 32.3 Å². The minimum Gasteiger partial charge on any atom is -0.289 e. The van der Waals surface area contributed by atoms with Crippen molar-refractivity contribution < 1.29 is 4.79 Å². The lowest BCUT2D eigenvalue weighted by Crippen LogP contribution is -2.06. The lowest BCUT2D eigenvalue weighted by Gasteiger charge is -2.11. The van der Waals surface area contributed by atoms with E-state index in [-0.39, 0.29) is 5.78 Å². The van der Waals surface area contributed by atoms with Crippen LogP contribution >= 0.6 is 15.9 Å². The van der Waals surface area contributed by atoms with Gasteiger partial charge in [0.2, 0.25) is 0 Å². The van der Waals surface area contributed by atoms with E-state index in [1.165, 1.54) is 5.56 Å². The first kappa shape index (κ1) is 14.0. The average molecular weight is 317 g/mol. The van der Waals surface area contributed by atoms with Crippen molar-refractivity contribution >= 4 is 21.7 Å². The Labute approximate surface area is 122 Å². The van der Waals surface area contributed by atoms with Gasteiger partial charge in [0.1, 0.15) is 0 Å². The van der Waals surface area contributed by atoms with Crippen LogP contribution in [0, 0.1) is 27.7 Å². The van der Waals surface area contributed by atoms with Crippen molar-refractivity contribution in [3.8, 4) is 0 Å². The molecule has 2 heteroatoms. The normalized spacial score (nSPS) is 10.6. The maximum Gasteiger partial charge on any atom is 0.193 e. The van der Waals surface area contributed by atoms with Crippen LogP contribution < -0.4 is 0 Å². The van der Waals surface area contributed by atoms with E-state index in [4.69, 9.17) is 0 Å². The van der Waals surface area contributed by atoms with Gasteiger partial charge in [-0.1, -0.05) is 22.0 Å². The fourth-order valence-electron chi connectivity index (χ4n) is 2.23. The van der Waals surface area contributed by atoms with Crippen LogP contribution in [0.1, 0.15) is 38.2 Å². The predicted molar refractivity (Wildman–Crippen MR) is 83.0 cm³/mol. The second-order valence-electron chi connectivity index (χ2n) is 5.04. The number of halogens is 1. The maximum atomic E-state index is 12.6. The third kappa shape index (κ3) is 2.79. The molecule has 2 rings (SSSR count). The van der Waals surface area contributed by atoms with Gasteiger partial charge >= 0.3 is 0 Å². The average Bonchev–Trinajstić information content (AvgIpc) is 2.33. The van der Waals surface area contributed by atoms with Crippen molar-refractivity contribution in [1.29, 1.82) is 0 Å². The number of ketones is 1. The first-order valence-corrected chi connectivity index (χ1v) is 7.08. The van der Waals surface area contributed by atoms with Gasteiger partial charge in [0.05, 0.1) is 0 Å². The highest BCUT2D eigenvalue weighted by molar-refractivity contribution is 9.10. The van der Waals surface area contributed by atoms with E-state index in [1.54, 1.807) is 0 Å². The monoisotopic (exact) mass is 316 g/mol. The number of carbonyl (C=O) groups excluding carboxylic acids is 1. The quantitative estimate of drug-likeness (QED) is 0.719. The lowest BCUT2D eigenvalue weighted by atomic mass is 9.93. The van der Waals surface area contributed by atoms with Crippen LogP contribution in [-0.2, 0) is 0 Å². The number of hydrogen-bond acceptors (Lipinski definition) is 1. The van der Waals surface area contributed by atoms with Gasteiger partial charge in [0.15, 0.2) is 5.78 Å². The molecule has 0 aromatic heterocycles. The molecular weight excluding hydrogens is 300 g/mol. The third-order valence-electron chi connectivity index (χ3n) is 3.52. The summed E-state index contributed by atoms with van der Waals surface area (Å²) in [6, 6.07) is 9.85. The number of rotatable bonds is 2. The van der Waals surface area contributed by atoms with Crippen LogP contribution in [0.4, 0.5) is 0 Å². The summed E-state index contributed by atoms with van der Waals surface area (Å²) in [6.07, 6.45) is 0. The number of aryl methyl sites for hydroxylation is 4. The van der Waals surface area contributed by atoms with E-state index < -0.39 is 0 Å². The van der Waals surface area contributed by atoms with E-state index in [2.05, 4.69) is 28.9 Å². The Morgan fingerprint density at radius 3 is 2.00 bits per heavy atom. The molecule has 0 saturated heterocycles. The lowest BCUT2D eigenvalue weighted by molar-refractivity contribution is 0.103. The molecule has 1 nitrogen and oxygen atoms in total. The molecule has 0 heterocycles. The Balaban J connectivity index is 2.53.